The molecule has 5 nitrogen and oxygen atoms in total. The molecule has 2 aromatic rings. The van der Waals surface area contributed by atoms with E-state index < -0.39 is 10.0 Å². The lowest BCUT2D eigenvalue weighted by atomic mass is 10.2. The Morgan fingerprint density at radius 3 is 2.13 bits per heavy atom. The van der Waals surface area contributed by atoms with Gasteiger partial charge in [0.2, 0.25) is 0 Å². The second-order valence-corrected chi connectivity index (χ2v) is 4.95. The summed E-state index contributed by atoms with van der Waals surface area (Å²) in [5.74, 6) is 0. The summed E-state index contributed by atoms with van der Waals surface area (Å²) < 4.78 is 24.8. The van der Waals surface area contributed by atoms with Gasteiger partial charge in [-0.2, -0.15) is 0 Å². The molecule has 0 spiro atoms. The highest BCUT2D eigenvalue weighted by molar-refractivity contribution is 7.90. The highest BCUT2D eigenvalue weighted by Gasteiger charge is 2.15. The molecule has 15 heavy (non-hydrogen) atoms. The van der Waals surface area contributed by atoms with Gasteiger partial charge >= 0.3 is 0 Å². The van der Waals surface area contributed by atoms with Crippen LogP contribution in [0.5, 0.6) is 0 Å². The molecule has 0 amide bonds. The highest BCUT2D eigenvalue weighted by Crippen LogP contribution is 2.13. The molecule has 1 aromatic carbocycles. The van der Waals surface area contributed by atoms with E-state index in [9.17, 15) is 8.42 Å². The van der Waals surface area contributed by atoms with Gasteiger partial charge in [0.25, 0.3) is 10.0 Å². The van der Waals surface area contributed by atoms with Crippen molar-refractivity contribution in [3.63, 3.8) is 0 Å². The molecule has 0 aliphatic carbocycles. The summed E-state index contributed by atoms with van der Waals surface area (Å²) in [6.07, 6.45) is 2.32. The lowest BCUT2D eigenvalue weighted by Gasteiger charge is -2.03. The summed E-state index contributed by atoms with van der Waals surface area (Å²) in [7, 11) is -3.52. The zero-order valence-electron chi connectivity index (χ0n) is 8.03. The van der Waals surface area contributed by atoms with Gasteiger partial charge in [0.15, 0.2) is 0 Å². The molecule has 0 fully saturated rings. The van der Waals surface area contributed by atoms with E-state index in [-0.39, 0.29) is 4.90 Å². The van der Waals surface area contributed by atoms with Crippen molar-refractivity contribution in [2.45, 2.75) is 11.8 Å². The standard InChI is InChI=1S/C9H9N3O2S/c1-8-2-4-9(5-3-8)15(13,14)12-6-10-11-7-12/h2-7H,1H3. The van der Waals surface area contributed by atoms with Crippen LogP contribution < -0.4 is 0 Å². The molecule has 0 saturated carbocycles. The smallest absolute Gasteiger partial charge is 0.210 e. The lowest BCUT2D eigenvalue weighted by molar-refractivity contribution is 0.587. The molecule has 78 valence electrons. The van der Waals surface area contributed by atoms with Crippen molar-refractivity contribution < 1.29 is 8.42 Å². The summed E-state index contributed by atoms with van der Waals surface area (Å²) in [6, 6.07) is 6.61. The summed E-state index contributed by atoms with van der Waals surface area (Å²) in [5.41, 5.74) is 1.01. The van der Waals surface area contributed by atoms with Crippen LogP contribution in [0.15, 0.2) is 41.8 Å². The minimum atomic E-state index is -3.52. The number of aryl methyl sites for hydroxylation is 1. The fourth-order valence-electron chi connectivity index (χ4n) is 1.15. The van der Waals surface area contributed by atoms with Crippen LogP contribution in [-0.4, -0.2) is 22.6 Å². The van der Waals surface area contributed by atoms with E-state index in [0.717, 1.165) is 22.2 Å². The minimum Gasteiger partial charge on any atom is -0.210 e. The van der Waals surface area contributed by atoms with Crippen molar-refractivity contribution in [2.24, 2.45) is 0 Å². The molecule has 0 bridgehead atoms. The zero-order valence-corrected chi connectivity index (χ0v) is 8.85. The molecular formula is C9H9N3O2S. The number of hydrogen-bond acceptors (Lipinski definition) is 4. The maximum Gasteiger partial charge on any atom is 0.270 e. The number of nitrogens with zero attached hydrogens (tertiary/aromatic N) is 3. The average Bonchev–Trinajstić information content (AvgIpc) is 2.71. The average molecular weight is 223 g/mol. The van der Waals surface area contributed by atoms with E-state index in [1.807, 2.05) is 6.92 Å². The van der Waals surface area contributed by atoms with E-state index in [1.165, 1.54) is 0 Å². The monoisotopic (exact) mass is 223 g/mol. The molecule has 0 N–H and O–H groups in total. The van der Waals surface area contributed by atoms with Crippen LogP contribution >= 0.6 is 0 Å². The van der Waals surface area contributed by atoms with Crippen LogP contribution in [0.4, 0.5) is 0 Å². The van der Waals surface area contributed by atoms with Gasteiger partial charge in [-0.3, -0.25) is 0 Å². The SMILES string of the molecule is Cc1ccc(S(=O)(=O)n2cnnc2)cc1. The number of aromatic nitrogens is 3. The van der Waals surface area contributed by atoms with Gasteiger partial charge < -0.3 is 0 Å². The molecular weight excluding hydrogens is 214 g/mol. The van der Waals surface area contributed by atoms with Crippen LogP contribution in [0.2, 0.25) is 0 Å². The van der Waals surface area contributed by atoms with E-state index in [4.69, 9.17) is 0 Å². The summed E-state index contributed by atoms with van der Waals surface area (Å²) in [4.78, 5) is 0.230. The first-order valence-electron chi connectivity index (χ1n) is 4.27. The molecule has 0 saturated heterocycles. The Labute approximate surface area is 87.4 Å². The van der Waals surface area contributed by atoms with Gasteiger partial charge in [0, 0.05) is 0 Å². The van der Waals surface area contributed by atoms with Gasteiger partial charge in [-0.25, -0.2) is 12.4 Å². The quantitative estimate of drug-likeness (QED) is 0.756. The maximum atomic E-state index is 11.9. The van der Waals surface area contributed by atoms with Crippen LogP contribution in [-0.2, 0) is 10.0 Å². The number of hydrogen-bond donors (Lipinski definition) is 0. The summed E-state index contributed by atoms with van der Waals surface area (Å²) >= 11 is 0. The lowest BCUT2D eigenvalue weighted by Crippen LogP contribution is -2.10. The van der Waals surface area contributed by atoms with Gasteiger partial charge in [0.05, 0.1) is 4.90 Å². The van der Waals surface area contributed by atoms with E-state index in [0.29, 0.717) is 0 Å². The fraction of sp³-hybridized carbons (Fsp3) is 0.111. The van der Waals surface area contributed by atoms with Crippen molar-refractivity contribution in [3.05, 3.63) is 42.5 Å². The second-order valence-electron chi connectivity index (χ2n) is 3.11. The molecule has 1 aromatic heterocycles. The van der Waals surface area contributed by atoms with Crippen LogP contribution in [0, 0.1) is 6.92 Å². The van der Waals surface area contributed by atoms with Gasteiger partial charge in [-0.1, -0.05) is 17.7 Å². The molecule has 0 radical (unpaired) electrons. The third-order valence-corrected chi connectivity index (χ3v) is 3.61. The van der Waals surface area contributed by atoms with Crippen molar-refractivity contribution in [2.75, 3.05) is 0 Å². The van der Waals surface area contributed by atoms with Crippen LogP contribution in [0.3, 0.4) is 0 Å². The third-order valence-electron chi connectivity index (χ3n) is 1.99. The fourth-order valence-corrected chi connectivity index (χ4v) is 2.20. The largest absolute Gasteiger partial charge is 0.270 e. The zero-order chi connectivity index (χ0) is 10.9. The molecule has 0 atom stereocenters. The Balaban J connectivity index is 2.52. The Bertz CT molecular complexity index is 544. The number of rotatable bonds is 2. The van der Waals surface area contributed by atoms with Gasteiger partial charge in [0.1, 0.15) is 12.7 Å². The Kier molecular flexibility index (Phi) is 2.28. The van der Waals surface area contributed by atoms with Crippen molar-refractivity contribution >= 4 is 10.0 Å². The van der Waals surface area contributed by atoms with Crippen LogP contribution in [0.25, 0.3) is 0 Å². The second kappa shape index (κ2) is 3.47. The predicted molar refractivity (Wildman–Crippen MR) is 53.8 cm³/mol. The summed E-state index contributed by atoms with van der Waals surface area (Å²) in [5, 5.41) is 6.93. The first kappa shape index (κ1) is 9.85. The van der Waals surface area contributed by atoms with E-state index in [2.05, 4.69) is 10.2 Å². The molecule has 6 heteroatoms. The molecule has 1 heterocycles. The van der Waals surface area contributed by atoms with E-state index in [1.54, 1.807) is 24.3 Å². The normalized spacial score (nSPS) is 11.5. The molecule has 0 aliphatic heterocycles. The third kappa shape index (κ3) is 1.75. The van der Waals surface area contributed by atoms with Crippen molar-refractivity contribution in [1.29, 1.82) is 0 Å². The van der Waals surface area contributed by atoms with Gasteiger partial charge in [-0.05, 0) is 19.1 Å². The van der Waals surface area contributed by atoms with Crippen molar-refractivity contribution in [3.8, 4) is 0 Å². The Morgan fingerprint density at radius 2 is 1.60 bits per heavy atom. The first-order valence-corrected chi connectivity index (χ1v) is 5.71. The Morgan fingerprint density at radius 1 is 1.07 bits per heavy atom. The Hall–Kier alpha value is -1.69. The highest BCUT2D eigenvalue weighted by atomic mass is 32.2. The molecule has 0 unspecified atom stereocenters. The predicted octanol–water partition coefficient (Wildman–Crippen LogP) is 0.824. The van der Waals surface area contributed by atoms with Crippen LogP contribution in [0.1, 0.15) is 5.56 Å². The molecule has 2 rings (SSSR count). The van der Waals surface area contributed by atoms with E-state index >= 15 is 0 Å². The first-order chi connectivity index (χ1) is 7.10. The van der Waals surface area contributed by atoms with Crippen molar-refractivity contribution in [1.82, 2.24) is 14.2 Å². The maximum absolute atomic E-state index is 11.9. The molecule has 0 aliphatic rings. The summed E-state index contributed by atoms with van der Waals surface area (Å²) in [6.45, 7) is 1.90. The minimum absolute atomic E-state index is 0.230. The topological polar surface area (TPSA) is 64.8 Å². The number of benzene rings is 1. The van der Waals surface area contributed by atoms with Gasteiger partial charge in [-0.15, -0.1) is 10.2 Å².